The minimum absolute atomic E-state index is 0. The standard InChI is InChI=1S/C4H2BF4N2.K/c6-4-2-10-1-3(11-4)5(7,8)9;/h1-2H;/q-1;+1. The first kappa shape index (κ1) is 12.5. The monoisotopic (exact) mass is 204 g/mol. The Hall–Kier alpha value is 0.501. The Balaban J connectivity index is 0.00000121. The minimum atomic E-state index is -5.24. The maximum absolute atomic E-state index is 12.0. The second kappa shape index (κ2) is 4.66. The van der Waals surface area contributed by atoms with Gasteiger partial charge in [0, 0.05) is 11.8 Å². The molecule has 0 radical (unpaired) electrons. The summed E-state index contributed by atoms with van der Waals surface area (Å²) in [6.07, 6.45) is 1.11. The van der Waals surface area contributed by atoms with Crippen LogP contribution in [0, 0.1) is 5.95 Å². The van der Waals surface area contributed by atoms with Crippen LogP contribution in [0.25, 0.3) is 0 Å². The molecule has 8 heteroatoms. The van der Waals surface area contributed by atoms with Crippen LogP contribution in [-0.2, 0) is 0 Å². The number of hydrogen-bond donors (Lipinski definition) is 0. The van der Waals surface area contributed by atoms with Crippen molar-refractivity contribution in [2.24, 2.45) is 0 Å². The molecule has 1 heterocycles. The van der Waals surface area contributed by atoms with Gasteiger partial charge in [-0.05, 0) is 0 Å². The van der Waals surface area contributed by atoms with Gasteiger partial charge in [-0.25, -0.2) is 0 Å². The van der Waals surface area contributed by atoms with Crippen LogP contribution in [0.15, 0.2) is 12.4 Å². The van der Waals surface area contributed by atoms with Crippen molar-refractivity contribution in [1.29, 1.82) is 0 Å². The summed E-state index contributed by atoms with van der Waals surface area (Å²) >= 11 is 0. The Morgan fingerprint density at radius 2 is 1.75 bits per heavy atom. The summed E-state index contributed by atoms with van der Waals surface area (Å²) in [6, 6.07) is 0. The molecule has 0 N–H and O–H groups in total. The Labute approximate surface area is 108 Å². The van der Waals surface area contributed by atoms with E-state index in [1.54, 1.807) is 0 Å². The van der Waals surface area contributed by atoms with Gasteiger partial charge in [-0.2, -0.15) is 4.39 Å². The van der Waals surface area contributed by atoms with Gasteiger partial charge in [0.25, 0.3) is 0 Å². The summed E-state index contributed by atoms with van der Waals surface area (Å²) < 4.78 is 47.3. The summed E-state index contributed by atoms with van der Waals surface area (Å²) in [6.45, 7) is -5.24. The molecule has 0 aliphatic heterocycles. The van der Waals surface area contributed by atoms with E-state index in [1.807, 2.05) is 0 Å². The van der Waals surface area contributed by atoms with E-state index in [-0.39, 0.29) is 51.4 Å². The van der Waals surface area contributed by atoms with Gasteiger partial charge < -0.3 is 12.9 Å². The fraction of sp³-hybridized carbons (Fsp3) is 0. The van der Waals surface area contributed by atoms with Gasteiger partial charge in [-0.15, -0.1) is 0 Å². The zero-order valence-corrected chi connectivity index (χ0v) is 9.26. The fourth-order valence-corrected chi connectivity index (χ4v) is 0.514. The van der Waals surface area contributed by atoms with Gasteiger partial charge in [0.2, 0.25) is 5.95 Å². The predicted octanol–water partition coefficient (Wildman–Crippen LogP) is -2.33. The van der Waals surface area contributed by atoms with Gasteiger partial charge in [0.1, 0.15) is 0 Å². The fourth-order valence-electron chi connectivity index (χ4n) is 0.514. The number of aromatic nitrogens is 2. The van der Waals surface area contributed by atoms with E-state index in [1.165, 1.54) is 0 Å². The van der Waals surface area contributed by atoms with Crippen LogP contribution in [0.4, 0.5) is 17.3 Å². The molecule has 60 valence electrons. The SMILES string of the molecule is Fc1cncc([B-](F)(F)F)n1.[K+]. The topological polar surface area (TPSA) is 25.8 Å². The zero-order valence-electron chi connectivity index (χ0n) is 6.14. The molecule has 1 rings (SSSR count). The second-order valence-electron chi connectivity index (χ2n) is 1.84. The molecule has 0 amide bonds. The molecule has 0 saturated heterocycles. The number of hydrogen-bond acceptors (Lipinski definition) is 2. The average Bonchev–Trinajstić information content (AvgIpc) is 1.86. The van der Waals surface area contributed by atoms with Crippen LogP contribution >= 0.6 is 0 Å². The summed E-state index contributed by atoms with van der Waals surface area (Å²) in [5, 5.41) is 0. The van der Waals surface area contributed by atoms with E-state index in [0.29, 0.717) is 12.4 Å². The Bertz CT molecular complexity index is 265. The van der Waals surface area contributed by atoms with E-state index in [0.717, 1.165) is 0 Å². The molecule has 2 nitrogen and oxygen atoms in total. The third-order valence-corrected chi connectivity index (χ3v) is 0.959. The molecule has 0 aliphatic carbocycles. The third-order valence-electron chi connectivity index (χ3n) is 0.959. The quantitative estimate of drug-likeness (QED) is 0.379. The maximum atomic E-state index is 12.0. The van der Waals surface area contributed by atoms with Crippen molar-refractivity contribution in [3.05, 3.63) is 18.3 Å². The van der Waals surface area contributed by atoms with E-state index >= 15 is 0 Å². The third kappa shape index (κ3) is 3.48. The minimum Gasteiger partial charge on any atom is -0.444 e. The molecular formula is C4H2BF4KN2. The molecule has 0 spiro atoms. The number of halogens is 4. The van der Waals surface area contributed by atoms with E-state index < -0.39 is 18.5 Å². The van der Waals surface area contributed by atoms with Crippen molar-refractivity contribution < 1.29 is 68.7 Å². The van der Waals surface area contributed by atoms with Crippen LogP contribution in [0.3, 0.4) is 0 Å². The number of rotatable bonds is 1. The van der Waals surface area contributed by atoms with Gasteiger partial charge >= 0.3 is 58.4 Å². The predicted molar refractivity (Wildman–Crippen MR) is 30.7 cm³/mol. The molecule has 1 aromatic rings. The second-order valence-corrected chi connectivity index (χ2v) is 1.84. The van der Waals surface area contributed by atoms with E-state index in [2.05, 4.69) is 9.97 Å². The molecule has 0 saturated carbocycles. The molecular weight excluding hydrogens is 202 g/mol. The van der Waals surface area contributed by atoms with Crippen molar-refractivity contribution in [3.8, 4) is 0 Å². The van der Waals surface area contributed by atoms with Gasteiger partial charge in [-0.3, -0.25) is 9.97 Å². The first-order valence-corrected chi connectivity index (χ1v) is 2.67. The molecule has 0 aliphatic rings. The molecule has 0 aromatic carbocycles. The molecule has 1 aromatic heterocycles. The van der Waals surface area contributed by atoms with Crippen LogP contribution in [0.1, 0.15) is 0 Å². The van der Waals surface area contributed by atoms with Crippen LogP contribution in [-0.4, -0.2) is 16.9 Å². The van der Waals surface area contributed by atoms with Crippen molar-refractivity contribution in [2.75, 3.05) is 0 Å². The Kier molecular flexibility index (Phi) is 4.85. The summed E-state index contributed by atoms with van der Waals surface area (Å²) in [4.78, 5) is 5.63. The van der Waals surface area contributed by atoms with E-state index in [9.17, 15) is 17.3 Å². The summed E-state index contributed by atoms with van der Waals surface area (Å²) in [7, 11) is 0. The smallest absolute Gasteiger partial charge is 0.444 e. The largest absolute Gasteiger partial charge is 1.00 e. The Morgan fingerprint density at radius 3 is 2.08 bits per heavy atom. The van der Waals surface area contributed by atoms with Gasteiger partial charge in [-0.1, -0.05) is 0 Å². The van der Waals surface area contributed by atoms with E-state index in [4.69, 9.17) is 0 Å². The van der Waals surface area contributed by atoms with Crippen LogP contribution < -0.4 is 57.0 Å². The van der Waals surface area contributed by atoms with Gasteiger partial charge in [0.05, 0.1) is 6.20 Å². The molecule has 0 unspecified atom stereocenters. The molecule has 0 atom stereocenters. The molecule has 0 fully saturated rings. The Morgan fingerprint density at radius 1 is 1.17 bits per heavy atom. The number of nitrogens with zero attached hydrogens (tertiary/aromatic N) is 2. The van der Waals surface area contributed by atoms with Crippen molar-refractivity contribution in [3.63, 3.8) is 0 Å². The van der Waals surface area contributed by atoms with Crippen LogP contribution in [0.2, 0.25) is 0 Å². The molecule has 0 bridgehead atoms. The summed E-state index contributed by atoms with van der Waals surface area (Å²) in [5.74, 6) is -1.22. The first-order valence-electron chi connectivity index (χ1n) is 2.67. The van der Waals surface area contributed by atoms with Crippen LogP contribution in [0.5, 0.6) is 0 Å². The average molecular weight is 204 g/mol. The maximum Gasteiger partial charge on any atom is 1.00 e. The molecule has 12 heavy (non-hydrogen) atoms. The van der Waals surface area contributed by atoms with Gasteiger partial charge in [0.15, 0.2) is 0 Å². The zero-order chi connectivity index (χ0) is 8.48. The summed E-state index contributed by atoms with van der Waals surface area (Å²) in [5.41, 5.74) is -1.26. The van der Waals surface area contributed by atoms with Crippen molar-refractivity contribution >= 4 is 12.6 Å². The van der Waals surface area contributed by atoms with Crippen molar-refractivity contribution in [1.82, 2.24) is 9.97 Å². The first-order chi connectivity index (χ1) is 5.00. The van der Waals surface area contributed by atoms with Crippen molar-refractivity contribution in [2.45, 2.75) is 0 Å². The normalized spacial score (nSPS) is 10.7.